The molecule has 2 aromatic heterocycles. The van der Waals surface area contributed by atoms with Crippen LogP contribution < -0.4 is 0 Å². The molecule has 0 saturated carbocycles. The Kier molecular flexibility index (Phi) is 6.43. The van der Waals surface area contributed by atoms with E-state index in [9.17, 15) is 0 Å². The molecule has 4 heteroatoms. The number of fused-ring (bicyclic) bond motifs is 4. The number of hydrogen-bond donors (Lipinski definition) is 0. The Morgan fingerprint density at radius 3 is 1.66 bits per heavy atom. The summed E-state index contributed by atoms with van der Waals surface area (Å²) >= 11 is 0. The molecule has 0 unspecified atom stereocenters. The van der Waals surface area contributed by atoms with Gasteiger partial charge in [-0.15, -0.1) is 0 Å². The number of para-hydroxylation sites is 1. The monoisotopic (exact) mass is 601 g/mol. The minimum Gasteiger partial charge on any atom is -0.456 e. The van der Waals surface area contributed by atoms with Crippen molar-refractivity contribution in [3.05, 3.63) is 164 Å². The van der Waals surface area contributed by atoms with E-state index < -0.39 is 0 Å². The van der Waals surface area contributed by atoms with Crippen molar-refractivity contribution in [3.8, 4) is 56.4 Å². The second-order valence-electron chi connectivity index (χ2n) is 11.6. The van der Waals surface area contributed by atoms with E-state index in [0.29, 0.717) is 17.5 Å². The summed E-state index contributed by atoms with van der Waals surface area (Å²) in [6.45, 7) is 0. The van der Waals surface area contributed by atoms with Crippen molar-refractivity contribution in [1.29, 1.82) is 0 Å². The Hall–Kier alpha value is -6.39. The summed E-state index contributed by atoms with van der Waals surface area (Å²) in [4.78, 5) is 15.5. The lowest BCUT2D eigenvalue weighted by Gasteiger charge is -2.12. The van der Waals surface area contributed by atoms with E-state index in [1.54, 1.807) is 0 Å². The number of rotatable bonds is 5. The molecule has 4 nitrogen and oxygen atoms in total. The molecular weight excluding hydrogens is 574 g/mol. The molecule has 0 aliphatic carbocycles. The number of furan rings is 1. The number of benzene rings is 7. The highest BCUT2D eigenvalue weighted by molar-refractivity contribution is 6.13. The molecule has 9 aromatic rings. The third-order valence-electron chi connectivity index (χ3n) is 8.74. The van der Waals surface area contributed by atoms with Gasteiger partial charge >= 0.3 is 0 Å². The van der Waals surface area contributed by atoms with Crippen LogP contribution in [0.15, 0.2) is 168 Å². The first-order chi connectivity index (χ1) is 23.3. The first kappa shape index (κ1) is 27.0. The summed E-state index contributed by atoms with van der Waals surface area (Å²) in [5, 5.41) is 4.24. The zero-order valence-corrected chi connectivity index (χ0v) is 25.3. The second kappa shape index (κ2) is 11.2. The average molecular weight is 602 g/mol. The maximum absolute atomic E-state index is 6.45. The quantitative estimate of drug-likeness (QED) is 0.197. The number of aromatic nitrogens is 3. The Morgan fingerprint density at radius 2 is 0.894 bits per heavy atom. The van der Waals surface area contributed by atoms with Crippen LogP contribution in [0.4, 0.5) is 0 Å². The summed E-state index contributed by atoms with van der Waals surface area (Å²) in [5.74, 6) is 1.84. The standard InChI is InChI=1S/C43H27N3O/c1-3-12-28(13-4-1)30-22-24-32(25-23-30)41-44-42(35-20-11-17-31-16-7-8-18-34(31)35)46-43(45-41)37-26-33(29-14-5-2-6-15-29)27-39-40(37)36-19-9-10-21-38(36)47-39/h1-27H. The molecule has 0 fully saturated rings. The van der Waals surface area contributed by atoms with Gasteiger partial charge in [0.2, 0.25) is 0 Å². The molecule has 0 atom stereocenters. The van der Waals surface area contributed by atoms with Crippen molar-refractivity contribution in [2.24, 2.45) is 0 Å². The number of hydrogen-bond acceptors (Lipinski definition) is 4. The molecule has 7 aromatic carbocycles. The lowest BCUT2D eigenvalue weighted by Crippen LogP contribution is -2.01. The predicted octanol–water partition coefficient (Wildman–Crippen LogP) is 11.3. The van der Waals surface area contributed by atoms with Crippen LogP contribution in [0.5, 0.6) is 0 Å². The van der Waals surface area contributed by atoms with E-state index in [1.165, 1.54) is 5.56 Å². The molecule has 0 bridgehead atoms. The lowest BCUT2D eigenvalue weighted by atomic mass is 9.98. The molecule has 0 amide bonds. The van der Waals surface area contributed by atoms with Crippen LogP contribution in [0.1, 0.15) is 0 Å². The minimum atomic E-state index is 0.597. The summed E-state index contributed by atoms with van der Waals surface area (Å²) in [6.07, 6.45) is 0. The van der Waals surface area contributed by atoms with Crippen molar-refractivity contribution in [1.82, 2.24) is 15.0 Å². The van der Waals surface area contributed by atoms with Crippen molar-refractivity contribution in [2.45, 2.75) is 0 Å². The highest BCUT2D eigenvalue weighted by Crippen LogP contribution is 2.40. The predicted molar refractivity (Wildman–Crippen MR) is 192 cm³/mol. The van der Waals surface area contributed by atoms with E-state index in [1.807, 2.05) is 30.3 Å². The third-order valence-corrected chi connectivity index (χ3v) is 8.74. The van der Waals surface area contributed by atoms with Gasteiger partial charge in [-0.2, -0.15) is 0 Å². The van der Waals surface area contributed by atoms with E-state index in [0.717, 1.165) is 66.1 Å². The Labute approximate surface area is 271 Å². The lowest BCUT2D eigenvalue weighted by molar-refractivity contribution is 0.669. The maximum atomic E-state index is 6.45. The van der Waals surface area contributed by atoms with Crippen molar-refractivity contribution < 1.29 is 4.42 Å². The second-order valence-corrected chi connectivity index (χ2v) is 11.6. The maximum Gasteiger partial charge on any atom is 0.164 e. The fraction of sp³-hybridized carbons (Fsp3) is 0. The largest absolute Gasteiger partial charge is 0.456 e. The van der Waals surface area contributed by atoms with Crippen LogP contribution in [0, 0.1) is 0 Å². The van der Waals surface area contributed by atoms with Gasteiger partial charge in [0, 0.05) is 27.5 Å². The first-order valence-electron chi connectivity index (χ1n) is 15.7. The van der Waals surface area contributed by atoms with Gasteiger partial charge < -0.3 is 4.42 Å². The summed E-state index contributed by atoms with van der Waals surface area (Å²) in [7, 11) is 0. The van der Waals surface area contributed by atoms with Crippen molar-refractivity contribution >= 4 is 32.7 Å². The molecule has 0 spiro atoms. The van der Waals surface area contributed by atoms with E-state index in [2.05, 4.69) is 133 Å². The topological polar surface area (TPSA) is 51.8 Å². The van der Waals surface area contributed by atoms with Gasteiger partial charge in [-0.1, -0.05) is 146 Å². The Balaban J connectivity index is 1.31. The molecule has 220 valence electrons. The molecule has 9 rings (SSSR count). The molecule has 47 heavy (non-hydrogen) atoms. The summed E-state index contributed by atoms with van der Waals surface area (Å²) < 4.78 is 6.45. The van der Waals surface area contributed by atoms with E-state index >= 15 is 0 Å². The molecule has 0 saturated heterocycles. The van der Waals surface area contributed by atoms with Crippen LogP contribution in [-0.4, -0.2) is 15.0 Å². The van der Waals surface area contributed by atoms with E-state index in [-0.39, 0.29) is 0 Å². The SMILES string of the molecule is c1ccc(-c2ccc(-c3nc(-c4cccc5ccccc45)nc(-c4cc(-c5ccccc5)cc5oc6ccccc6c45)n3)cc2)cc1. The zero-order chi connectivity index (χ0) is 31.2. The smallest absolute Gasteiger partial charge is 0.164 e. The van der Waals surface area contributed by atoms with E-state index in [4.69, 9.17) is 19.4 Å². The average Bonchev–Trinajstić information content (AvgIpc) is 3.53. The van der Waals surface area contributed by atoms with Crippen molar-refractivity contribution in [2.75, 3.05) is 0 Å². The van der Waals surface area contributed by atoms with Gasteiger partial charge in [0.1, 0.15) is 11.2 Å². The Morgan fingerprint density at radius 1 is 0.340 bits per heavy atom. The third kappa shape index (κ3) is 4.84. The molecule has 0 aliphatic heterocycles. The summed E-state index contributed by atoms with van der Waals surface area (Å²) in [6, 6.07) is 56.3. The molecular formula is C43H27N3O. The zero-order valence-electron chi connectivity index (χ0n) is 25.3. The van der Waals surface area contributed by atoms with Gasteiger partial charge in [-0.05, 0) is 51.2 Å². The van der Waals surface area contributed by atoms with Gasteiger partial charge in [0.15, 0.2) is 17.5 Å². The normalized spacial score (nSPS) is 11.4. The number of nitrogens with zero attached hydrogens (tertiary/aromatic N) is 3. The van der Waals surface area contributed by atoms with Crippen molar-refractivity contribution in [3.63, 3.8) is 0 Å². The van der Waals surface area contributed by atoms with Crippen LogP contribution in [0.2, 0.25) is 0 Å². The van der Waals surface area contributed by atoms with Crippen LogP contribution in [-0.2, 0) is 0 Å². The fourth-order valence-corrected chi connectivity index (χ4v) is 6.44. The first-order valence-corrected chi connectivity index (χ1v) is 15.7. The minimum absolute atomic E-state index is 0.597. The van der Waals surface area contributed by atoms with Crippen LogP contribution >= 0.6 is 0 Å². The summed E-state index contributed by atoms with van der Waals surface area (Å²) in [5.41, 5.74) is 8.83. The fourth-order valence-electron chi connectivity index (χ4n) is 6.44. The van der Waals surface area contributed by atoms with Gasteiger partial charge in [-0.25, -0.2) is 15.0 Å². The highest BCUT2D eigenvalue weighted by atomic mass is 16.3. The van der Waals surface area contributed by atoms with Gasteiger partial charge in [0.25, 0.3) is 0 Å². The molecule has 2 heterocycles. The van der Waals surface area contributed by atoms with Gasteiger partial charge in [0.05, 0.1) is 0 Å². The Bertz CT molecular complexity index is 2550. The van der Waals surface area contributed by atoms with Gasteiger partial charge in [-0.3, -0.25) is 0 Å². The van der Waals surface area contributed by atoms with Crippen LogP contribution in [0.3, 0.4) is 0 Å². The van der Waals surface area contributed by atoms with Crippen LogP contribution in [0.25, 0.3) is 89.1 Å². The molecule has 0 radical (unpaired) electrons. The molecule has 0 aliphatic rings. The molecule has 0 N–H and O–H groups in total. The highest BCUT2D eigenvalue weighted by Gasteiger charge is 2.20.